The summed E-state index contributed by atoms with van der Waals surface area (Å²) in [6.07, 6.45) is 0.781. The molecule has 2 unspecified atom stereocenters. The van der Waals surface area contributed by atoms with E-state index < -0.39 is 5.54 Å². The molecule has 0 spiro atoms. The number of carbonyl (C=O) groups excluding carboxylic acids is 1. The van der Waals surface area contributed by atoms with Gasteiger partial charge in [0.15, 0.2) is 0 Å². The van der Waals surface area contributed by atoms with E-state index in [2.05, 4.69) is 28.2 Å². The van der Waals surface area contributed by atoms with Gasteiger partial charge in [0, 0.05) is 21.2 Å². The fraction of sp³-hybridized carbons (Fsp3) is 0.417. The first kappa shape index (κ1) is 12.8. The Morgan fingerprint density at radius 2 is 2.18 bits per heavy atom. The van der Waals surface area contributed by atoms with Gasteiger partial charge >= 0.3 is 0 Å². The second kappa shape index (κ2) is 4.90. The van der Waals surface area contributed by atoms with Gasteiger partial charge in [-0.15, -0.1) is 0 Å². The molecule has 0 aliphatic carbocycles. The fourth-order valence-corrected chi connectivity index (χ4v) is 3.59. The Labute approximate surface area is 114 Å². The molecule has 1 amide bonds. The number of primary amides is 1. The molecule has 1 heterocycles. The number of hydrogen-bond donors (Lipinski definition) is 2. The summed E-state index contributed by atoms with van der Waals surface area (Å²) in [4.78, 5) is 11.7. The number of nitrogens with two attached hydrogens (primary N) is 1. The number of amides is 1. The van der Waals surface area contributed by atoms with E-state index in [9.17, 15) is 4.79 Å². The molecular weight excluding hydrogens is 300 g/mol. The predicted molar refractivity (Wildman–Crippen MR) is 76.2 cm³/mol. The van der Waals surface area contributed by atoms with E-state index in [0.29, 0.717) is 5.25 Å². The maximum atomic E-state index is 11.7. The molecule has 5 heteroatoms. The van der Waals surface area contributed by atoms with Crippen molar-refractivity contribution in [3.05, 3.63) is 28.7 Å². The van der Waals surface area contributed by atoms with Gasteiger partial charge in [0.05, 0.1) is 0 Å². The van der Waals surface area contributed by atoms with E-state index in [4.69, 9.17) is 5.73 Å². The molecule has 1 aliphatic rings. The van der Waals surface area contributed by atoms with Crippen LogP contribution < -0.4 is 11.1 Å². The molecule has 1 aromatic rings. The Bertz CT molecular complexity index is 423. The molecule has 2 atom stereocenters. The van der Waals surface area contributed by atoms with Gasteiger partial charge in [-0.1, -0.05) is 22.9 Å². The summed E-state index contributed by atoms with van der Waals surface area (Å²) in [6.45, 7) is 2.12. The van der Waals surface area contributed by atoms with Crippen molar-refractivity contribution in [2.45, 2.75) is 24.1 Å². The lowest BCUT2D eigenvalue weighted by Crippen LogP contribution is -2.51. The van der Waals surface area contributed by atoms with Crippen LogP contribution in [0.2, 0.25) is 0 Å². The predicted octanol–water partition coefficient (Wildman–Crippen LogP) is 2.61. The lowest BCUT2D eigenvalue weighted by Gasteiger charge is -2.27. The third-order valence-corrected chi connectivity index (χ3v) is 4.87. The monoisotopic (exact) mass is 314 g/mol. The van der Waals surface area contributed by atoms with E-state index in [1.54, 1.807) is 11.8 Å². The zero-order chi connectivity index (χ0) is 12.5. The van der Waals surface area contributed by atoms with Crippen LogP contribution in [0.3, 0.4) is 0 Å². The van der Waals surface area contributed by atoms with Crippen molar-refractivity contribution in [2.75, 3.05) is 11.1 Å². The maximum Gasteiger partial charge on any atom is 0.244 e. The Kier molecular flexibility index (Phi) is 3.68. The number of carbonyl (C=O) groups is 1. The van der Waals surface area contributed by atoms with Gasteiger partial charge in [-0.3, -0.25) is 4.79 Å². The van der Waals surface area contributed by atoms with E-state index in [1.807, 2.05) is 24.3 Å². The first-order valence-electron chi connectivity index (χ1n) is 5.47. The molecule has 92 valence electrons. The average Bonchev–Trinajstić information content (AvgIpc) is 2.65. The average molecular weight is 315 g/mol. The molecule has 0 bridgehead atoms. The SMILES string of the molecule is CC1CC(Nc2ccc(Br)cc2)(C(N)=O)CS1. The summed E-state index contributed by atoms with van der Waals surface area (Å²) < 4.78 is 1.02. The number of halogens is 1. The minimum Gasteiger partial charge on any atom is -0.371 e. The summed E-state index contributed by atoms with van der Waals surface area (Å²) >= 11 is 5.17. The zero-order valence-electron chi connectivity index (χ0n) is 9.57. The van der Waals surface area contributed by atoms with Gasteiger partial charge in [-0.05, 0) is 30.7 Å². The molecule has 3 nitrogen and oxygen atoms in total. The molecule has 1 aliphatic heterocycles. The highest BCUT2D eigenvalue weighted by atomic mass is 79.9. The summed E-state index contributed by atoms with van der Waals surface area (Å²) in [5.74, 6) is 0.469. The fourth-order valence-electron chi connectivity index (χ4n) is 2.02. The van der Waals surface area contributed by atoms with Crippen LogP contribution in [-0.4, -0.2) is 22.4 Å². The third kappa shape index (κ3) is 2.77. The van der Waals surface area contributed by atoms with E-state index in [-0.39, 0.29) is 5.91 Å². The summed E-state index contributed by atoms with van der Waals surface area (Å²) in [5, 5.41) is 3.76. The number of nitrogens with one attached hydrogen (secondary N) is 1. The number of anilines is 1. The van der Waals surface area contributed by atoms with Crippen molar-refractivity contribution < 1.29 is 4.79 Å². The van der Waals surface area contributed by atoms with Crippen molar-refractivity contribution in [1.29, 1.82) is 0 Å². The highest BCUT2D eigenvalue weighted by molar-refractivity contribution is 9.10. The standard InChI is InChI=1S/C12H15BrN2OS/c1-8-6-12(7-17-8,11(14)16)15-10-4-2-9(13)3-5-10/h2-5,8,15H,6-7H2,1H3,(H2,14,16). The highest BCUT2D eigenvalue weighted by Gasteiger charge is 2.43. The molecule has 0 saturated carbocycles. The van der Waals surface area contributed by atoms with Crippen LogP contribution in [0.15, 0.2) is 28.7 Å². The van der Waals surface area contributed by atoms with Crippen LogP contribution in [0.5, 0.6) is 0 Å². The number of thioether (sulfide) groups is 1. The van der Waals surface area contributed by atoms with Gasteiger partial charge in [0.2, 0.25) is 5.91 Å². The van der Waals surface area contributed by atoms with Crippen LogP contribution in [0.4, 0.5) is 5.69 Å². The first-order chi connectivity index (χ1) is 8.02. The lowest BCUT2D eigenvalue weighted by atomic mass is 9.95. The van der Waals surface area contributed by atoms with Crippen LogP contribution in [-0.2, 0) is 4.79 Å². The number of benzene rings is 1. The number of hydrogen-bond acceptors (Lipinski definition) is 3. The normalized spacial score (nSPS) is 28.0. The molecule has 17 heavy (non-hydrogen) atoms. The van der Waals surface area contributed by atoms with E-state index >= 15 is 0 Å². The second-order valence-electron chi connectivity index (χ2n) is 4.40. The Morgan fingerprint density at radius 3 is 2.65 bits per heavy atom. The zero-order valence-corrected chi connectivity index (χ0v) is 12.0. The molecule has 0 aromatic heterocycles. The first-order valence-corrected chi connectivity index (χ1v) is 7.31. The van der Waals surface area contributed by atoms with Crippen LogP contribution in [0.25, 0.3) is 0 Å². The smallest absolute Gasteiger partial charge is 0.244 e. The second-order valence-corrected chi connectivity index (χ2v) is 6.75. The maximum absolute atomic E-state index is 11.7. The molecule has 1 saturated heterocycles. The van der Waals surface area contributed by atoms with Gasteiger partial charge in [0.25, 0.3) is 0 Å². The third-order valence-electron chi connectivity index (χ3n) is 2.95. The van der Waals surface area contributed by atoms with Gasteiger partial charge in [-0.25, -0.2) is 0 Å². The molecule has 1 aromatic carbocycles. The molecule has 2 rings (SSSR count). The minimum absolute atomic E-state index is 0.266. The Morgan fingerprint density at radius 1 is 1.53 bits per heavy atom. The molecule has 1 fully saturated rings. The Hall–Kier alpha value is -0.680. The molecule has 0 radical (unpaired) electrons. The lowest BCUT2D eigenvalue weighted by molar-refractivity contribution is -0.121. The van der Waals surface area contributed by atoms with Crippen molar-refractivity contribution in [2.24, 2.45) is 5.73 Å². The van der Waals surface area contributed by atoms with Crippen LogP contribution in [0.1, 0.15) is 13.3 Å². The van der Waals surface area contributed by atoms with Crippen LogP contribution in [0, 0.1) is 0 Å². The molecular formula is C12H15BrN2OS. The summed E-state index contributed by atoms with van der Waals surface area (Å²) in [5.41, 5.74) is 5.88. The van der Waals surface area contributed by atoms with E-state index in [0.717, 1.165) is 22.3 Å². The Balaban J connectivity index is 2.19. The summed E-state index contributed by atoms with van der Waals surface area (Å²) in [7, 11) is 0. The number of rotatable bonds is 3. The van der Waals surface area contributed by atoms with Crippen molar-refractivity contribution >= 4 is 39.3 Å². The minimum atomic E-state index is -0.599. The van der Waals surface area contributed by atoms with Gasteiger partial charge < -0.3 is 11.1 Å². The summed E-state index contributed by atoms with van der Waals surface area (Å²) in [6, 6.07) is 7.79. The quantitative estimate of drug-likeness (QED) is 0.901. The highest BCUT2D eigenvalue weighted by Crippen LogP contribution is 2.36. The topological polar surface area (TPSA) is 55.1 Å². The van der Waals surface area contributed by atoms with Gasteiger partial charge in [0.1, 0.15) is 5.54 Å². The van der Waals surface area contributed by atoms with Gasteiger partial charge in [-0.2, -0.15) is 11.8 Å². The van der Waals surface area contributed by atoms with E-state index in [1.165, 1.54) is 0 Å². The van der Waals surface area contributed by atoms with Crippen LogP contribution >= 0.6 is 27.7 Å². The largest absolute Gasteiger partial charge is 0.371 e. The van der Waals surface area contributed by atoms with Crippen molar-refractivity contribution in [3.8, 4) is 0 Å². The van der Waals surface area contributed by atoms with Crippen molar-refractivity contribution in [1.82, 2.24) is 0 Å². The van der Waals surface area contributed by atoms with Crippen molar-refractivity contribution in [3.63, 3.8) is 0 Å². The molecule has 3 N–H and O–H groups in total.